The first-order valence-electron chi connectivity index (χ1n) is 12.8. The largest absolute Gasteiger partial charge is 0.132 e. The zero-order valence-corrected chi connectivity index (χ0v) is 21.8. The van der Waals surface area contributed by atoms with Gasteiger partial charge in [0.25, 0.3) is 0 Å². The molecule has 0 amide bonds. The van der Waals surface area contributed by atoms with E-state index in [4.69, 9.17) is 0 Å². The minimum absolute atomic E-state index is 1.26. The summed E-state index contributed by atoms with van der Waals surface area (Å²) in [6, 6.07) is 59.6. The molecule has 0 spiro atoms. The SMILES string of the molecule is c1ccc(-c2ccc([SiH](c3ccc(-c4ccccc4)cc3)c3ccc(-c4ccccc4)cc3)cc2)cc1. The smallest absolute Gasteiger partial charge is 0.0622 e. The third kappa shape index (κ3) is 5.09. The van der Waals surface area contributed by atoms with E-state index in [1.165, 1.54) is 48.9 Å². The van der Waals surface area contributed by atoms with E-state index in [1.807, 2.05) is 0 Å². The molecule has 6 aromatic carbocycles. The van der Waals surface area contributed by atoms with E-state index in [0.29, 0.717) is 0 Å². The molecule has 0 aliphatic carbocycles. The van der Waals surface area contributed by atoms with Gasteiger partial charge in [0.15, 0.2) is 0 Å². The average Bonchev–Trinajstić information content (AvgIpc) is 3.00. The summed E-state index contributed by atoms with van der Waals surface area (Å²) in [6.45, 7) is 0. The van der Waals surface area contributed by atoms with Crippen molar-refractivity contribution in [3.63, 3.8) is 0 Å². The molecule has 37 heavy (non-hydrogen) atoms. The second-order valence-electron chi connectivity index (χ2n) is 9.40. The Morgan fingerprint density at radius 3 is 0.676 bits per heavy atom. The van der Waals surface area contributed by atoms with Crippen LogP contribution in [0, 0.1) is 0 Å². The lowest BCUT2D eigenvalue weighted by Crippen LogP contribution is -2.51. The number of hydrogen-bond acceptors (Lipinski definition) is 0. The van der Waals surface area contributed by atoms with Crippen molar-refractivity contribution in [3.05, 3.63) is 164 Å². The van der Waals surface area contributed by atoms with Crippen molar-refractivity contribution in [2.75, 3.05) is 0 Å². The highest BCUT2D eigenvalue weighted by molar-refractivity contribution is 6.95. The molecule has 0 aliphatic heterocycles. The number of benzene rings is 6. The van der Waals surface area contributed by atoms with Gasteiger partial charge in [-0.2, -0.15) is 0 Å². The van der Waals surface area contributed by atoms with Gasteiger partial charge in [0, 0.05) is 0 Å². The third-order valence-electron chi connectivity index (χ3n) is 7.05. The maximum absolute atomic E-state index is 2.34. The Morgan fingerprint density at radius 1 is 0.216 bits per heavy atom. The summed E-state index contributed by atoms with van der Waals surface area (Å²) in [4.78, 5) is 0. The Kier molecular flexibility index (Phi) is 6.61. The van der Waals surface area contributed by atoms with Crippen LogP contribution in [0.15, 0.2) is 164 Å². The average molecular weight is 489 g/mol. The first-order chi connectivity index (χ1) is 18.3. The normalized spacial score (nSPS) is 10.9. The molecule has 0 nitrogen and oxygen atoms in total. The van der Waals surface area contributed by atoms with Gasteiger partial charge in [-0.1, -0.05) is 179 Å². The van der Waals surface area contributed by atoms with Crippen LogP contribution in [0.2, 0.25) is 0 Å². The van der Waals surface area contributed by atoms with E-state index in [2.05, 4.69) is 164 Å². The molecule has 6 rings (SSSR count). The van der Waals surface area contributed by atoms with E-state index < -0.39 is 8.80 Å². The van der Waals surface area contributed by atoms with Crippen LogP contribution < -0.4 is 15.6 Å². The second-order valence-corrected chi connectivity index (χ2v) is 12.3. The second kappa shape index (κ2) is 10.7. The van der Waals surface area contributed by atoms with E-state index in [0.717, 1.165) is 0 Å². The van der Waals surface area contributed by atoms with Gasteiger partial charge in [0.1, 0.15) is 8.80 Å². The Hall–Kier alpha value is -4.46. The molecule has 0 fully saturated rings. The highest BCUT2D eigenvalue weighted by Gasteiger charge is 2.19. The molecule has 0 bridgehead atoms. The Balaban J connectivity index is 1.38. The molecule has 0 saturated heterocycles. The summed E-state index contributed by atoms with van der Waals surface area (Å²) < 4.78 is 0. The zero-order valence-electron chi connectivity index (χ0n) is 20.7. The van der Waals surface area contributed by atoms with Crippen molar-refractivity contribution < 1.29 is 0 Å². The molecule has 0 atom stereocenters. The molecule has 1 heteroatoms. The Labute approximate surface area is 221 Å². The van der Waals surface area contributed by atoms with Crippen molar-refractivity contribution in [1.82, 2.24) is 0 Å². The summed E-state index contributed by atoms with van der Waals surface area (Å²) in [7, 11) is -1.65. The lowest BCUT2D eigenvalue weighted by atomic mass is 10.1. The molecule has 0 unspecified atom stereocenters. The first-order valence-corrected chi connectivity index (χ1v) is 14.5. The third-order valence-corrected chi connectivity index (χ3v) is 10.2. The van der Waals surface area contributed by atoms with Gasteiger partial charge in [-0.25, -0.2) is 0 Å². The van der Waals surface area contributed by atoms with E-state index >= 15 is 0 Å². The molecular weight excluding hydrogens is 460 g/mol. The topological polar surface area (TPSA) is 0 Å². The molecule has 0 aliphatic rings. The van der Waals surface area contributed by atoms with Gasteiger partial charge < -0.3 is 0 Å². The predicted octanol–water partition coefficient (Wildman–Crippen LogP) is 6.94. The first kappa shape index (κ1) is 23.0. The predicted molar refractivity (Wildman–Crippen MR) is 162 cm³/mol. The van der Waals surface area contributed by atoms with Gasteiger partial charge in [-0.15, -0.1) is 0 Å². The van der Waals surface area contributed by atoms with Crippen LogP contribution in [-0.2, 0) is 0 Å². The van der Waals surface area contributed by atoms with Crippen molar-refractivity contribution in [2.45, 2.75) is 0 Å². The van der Waals surface area contributed by atoms with Crippen molar-refractivity contribution in [2.24, 2.45) is 0 Å². The number of hydrogen-bond donors (Lipinski definition) is 0. The van der Waals surface area contributed by atoms with E-state index in [9.17, 15) is 0 Å². The summed E-state index contributed by atoms with van der Waals surface area (Å²) in [5.74, 6) is 0. The summed E-state index contributed by atoms with van der Waals surface area (Å²) in [5.41, 5.74) is 7.55. The molecule has 0 radical (unpaired) electrons. The van der Waals surface area contributed by atoms with Gasteiger partial charge in [0.2, 0.25) is 0 Å². The summed E-state index contributed by atoms with van der Waals surface area (Å²) >= 11 is 0. The molecular formula is C36H28Si. The van der Waals surface area contributed by atoms with E-state index in [1.54, 1.807) is 0 Å². The van der Waals surface area contributed by atoms with Crippen LogP contribution in [0.3, 0.4) is 0 Å². The van der Waals surface area contributed by atoms with Gasteiger partial charge in [-0.3, -0.25) is 0 Å². The van der Waals surface area contributed by atoms with E-state index in [-0.39, 0.29) is 0 Å². The quantitative estimate of drug-likeness (QED) is 0.176. The van der Waals surface area contributed by atoms with Crippen LogP contribution >= 0.6 is 0 Å². The van der Waals surface area contributed by atoms with Crippen molar-refractivity contribution in [3.8, 4) is 33.4 Å². The van der Waals surface area contributed by atoms with Gasteiger partial charge in [-0.05, 0) is 33.4 Å². The monoisotopic (exact) mass is 488 g/mol. The van der Waals surface area contributed by atoms with Crippen molar-refractivity contribution in [1.29, 1.82) is 0 Å². The van der Waals surface area contributed by atoms with Crippen LogP contribution in [0.5, 0.6) is 0 Å². The maximum Gasteiger partial charge on any atom is 0.132 e. The lowest BCUT2D eigenvalue weighted by molar-refractivity contribution is 1.62. The summed E-state index contributed by atoms with van der Waals surface area (Å²) in [6.07, 6.45) is 0. The molecule has 0 heterocycles. The Bertz CT molecular complexity index is 1360. The van der Waals surface area contributed by atoms with Crippen LogP contribution in [-0.4, -0.2) is 8.80 Å². The van der Waals surface area contributed by atoms with Crippen LogP contribution in [0.25, 0.3) is 33.4 Å². The molecule has 0 N–H and O–H groups in total. The van der Waals surface area contributed by atoms with Crippen LogP contribution in [0.4, 0.5) is 0 Å². The fraction of sp³-hybridized carbons (Fsp3) is 0. The highest BCUT2D eigenvalue weighted by Crippen LogP contribution is 2.20. The fourth-order valence-electron chi connectivity index (χ4n) is 5.07. The minimum Gasteiger partial charge on any atom is -0.0622 e. The van der Waals surface area contributed by atoms with Crippen LogP contribution in [0.1, 0.15) is 0 Å². The number of rotatable bonds is 6. The van der Waals surface area contributed by atoms with Gasteiger partial charge >= 0.3 is 0 Å². The van der Waals surface area contributed by atoms with Gasteiger partial charge in [0.05, 0.1) is 0 Å². The lowest BCUT2D eigenvalue weighted by Gasteiger charge is -2.19. The highest BCUT2D eigenvalue weighted by atomic mass is 28.3. The standard InChI is InChI=1S/C36H28Si/c1-4-10-28(11-5-1)31-16-22-34(23-17-31)37(35-24-18-32(19-25-35)29-12-6-2-7-13-29)36-26-20-33(21-27-36)30-14-8-3-9-15-30/h1-27,37H. The zero-order chi connectivity index (χ0) is 24.9. The summed E-state index contributed by atoms with van der Waals surface area (Å²) in [5, 5.41) is 4.29. The molecule has 6 aromatic rings. The fourth-order valence-corrected chi connectivity index (χ4v) is 7.96. The molecule has 0 aromatic heterocycles. The molecule has 0 saturated carbocycles. The minimum atomic E-state index is -1.65. The molecule has 176 valence electrons. The Morgan fingerprint density at radius 2 is 0.432 bits per heavy atom. The van der Waals surface area contributed by atoms with Crippen molar-refractivity contribution >= 4 is 24.4 Å². The maximum atomic E-state index is 2.34.